The summed E-state index contributed by atoms with van der Waals surface area (Å²) in [6.07, 6.45) is 2.11. The summed E-state index contributed by atoms with van der Waals surface area (Å²) in [7, 11) is 0. The molecular weight excluding hydrogens is 448 g/mol. The van der Waals surface area contributed by atoms with Crippen LogP contribution in [0.5, 0.6) is 0 Å². The maximum atomic E-state index is 15.1. The molecule has 0 saturated carbocycles. The van der Waals surface area contributed by atoms with Crippen molar-refractivity contribution in [3.63, 3.8) is 0 Å². The van der Waals surface area contributed by atoms with Crippen LogP contribution in [-0.4, -0.2) is 45.9 Å². The van der Waals surface area contributed by atoms with E-state index in [0.29, 0.717) is 29.6 Å². The molecule has 35 heavy (non-hydrogen) atoms. The van der Waals surface area contributed by atoms with Gasteiger partial charge >= 0.3 is 0 Å². The predicted octanol–water partition coefficient (Wildman–Crippen LogP) is 5.53. The van der Waals surface area contributed by atoms with Gasteiger partial charge in [-0.15, -0.1) is 0 Å². The number of piperazine rings is 1. The molecule has 0 bridgehead atoms. The Balaban J connectivity index is 0.00000167. The lowest BCUT2D eigenvalue weighted by Crippen LogP contribution is -2.58. The van der Waals surface area contributed by atoms with Crippen LogP contribution >= 0.6 is 0 Å². The van der Waals surface area contributed by atoms with Crippen LogP contribution < -0.4 is 4.90 Å². The molecule has 1 aliphatic rings. The number of anilines is 1. The van der Waals surface area contributed by atoms with Gasteiger partial charge in [0.25, 0.3) is 5.92 Å². The predicted molar refractivity (Wildman–Crippen MR) is 133 cm³/mol. The standard InChI is InChI=1S/C25H25F2N5O.C2H6/c1-17-15-31(16-18(2)32(17)23-8-7-19(13-28)14-30-23)24(33)9-11-25(26,27)21-10-12-29-22-6-4-3-5-20(21)22;1-2/h3-8,10,12,14,17-18H,9,11,15-16H2,1-2H3;1-2H3. The molecule has 1 aromatic carbocycles. The second-order valence-corrected chi connectivity index (χ2v) is 8.50. The Morgan fingerprint density at radius 3 is 2.40 bits per heavy atom. The minimum Gasteiger partial charge on any atom is -0.348 e. The first kappa shape index (κ1) is 26.0. The van der Waals surface area contributed by atoms with Crippen molar-refractivity contribution in [3.8, 4) is 6.07 Å². The second kappa shape index (κ2) is 11.2. The van der Waals surface area contributed by atoms with Crippen molar-refractivity contribution in [2.45, 2.75) is 58.5 Å². The molecule has 0 N–H and O–H groups in total. The first-order chi connectivity index (χ1) is 16.8. The van der Waals surface area contributed by atoms with Gasteiger partial charge in [-0.1, -0.05) is 32.0 Å². The summed E-state index contributed by atoms with van der Waals surface area (Å²) < 4.78 is 30.1. The lowest BCUT2D eigenvalue weighted by atomic mass is 9.99. The van der Waals surface area contributed by atoms with Gasteiger partial charge in [0, 0.05) is 61.4 Å². The minimum atomic E-state index is -3.14. The molecule has 0 aliphatic carbocycles. The van der Waals surface area contributed by atoms with E-state index in [4.69, 9.17) is 5.26 Å². The summed E-state index contributed by atoms with van der Waals surface area (Å²) in [4.78, 5) is 25.1. The van der Waals surface area contributed by atoms with Crippen molar-refractivity contribution >= 4 is 22.6 Å². The Labute approximate surface area is 205 Å². The summed E-state index contributed by atoms with van der Waals surface area (Å²) in [5.41, 5.74) is 0.895. The zero-order valence-corrected chi connectivity index (χ0v) is 20.6. The second-order valence-electron chi connectivity index (χ2n) is 8.50. The van der Waals surface area contributed by atoms with E-state index in [1.807, 2.05) is 27.7 Å². The number of halogens is 2. The number of fused-ring (bicyclic) bond motifs is 1. The van der Waals surface area contributed by atoms with Gasteiger partial charge in [0.1, 0.15) is 11.9 Å². The molecule has 1 aliphatic heterocycles. The summed E-state index contributed by atoms with van der Waals surface area (Å²) in [6, 6.07) is 13.6. The van der Waals surface area contributed by atoms with E-state index in [-0.39, 0.29) is 30.0 Å². The molecule has 4 rings (SSSR count). The van der Waals surface area contributed by atoms with Crippen LogP contribution in [0.15, 0.2) is 54.9 Å². The van der Waals surface area contributed by atoms with Gasteiger partial charge in [-0.05, 0) is 38.1 Å². The van der Waals surface area contributed by atoms with E-state index in [9.17, 15) is 4.79 Å². The van der Waals surface area contributed by atoms with Crippen LogP contribution in [0.2, 0.25) is 0 Å². The topological polar surface area (TPSA) is 73.1 Å². The summed E-state index contributed by atoms with van der Waals surface area (Å²) in [5, 5.41) is 9.37. The number of rotatable bonds is 5. The average molecular weight is 480 g/mol. The molecule has 2 atom stereocenters. The van der Waals surface area contributed by atoms with Gasteiger partial charge in [-0.25, -0.2) is 13.8 Å². The number of hydrogen-bond donors (Lipinski definition) is 0. The molecule has 3 aromatic rings. The van der Waals surface area contributed by atoms with Crippen molar-refractivity contribution in [2.24, 2.45) is 0 Å². The number of nitrogens with zero attached hydrogens (tertiary/aromatic N) is 5. The summed E-state index contributed by atoms with van der Waals surface area (Å²) in [6.45, 7) is 8.81. The molecular formula is C27H31F2N5O. The van der Waals surface area contributed by atoms with E-state index < -0.39 is 12.3 Å². The number of hydrogen-bond acceptors (Lipinski definition) is 5. The smallest absolute Gasteiger partial charge is 0.274 e. The molecule has 0 spiro atoms. The zero-order valence-electron chi connectivity index (χ0n) is 20.6. The number of para-hydroxylation sites is 1. The molecule has 1 saturated heterocycles. The quantitative estimate of drug-likeness (QED) is 0.481. The van der Waals surface area contributed by atoms with Gasteiger partial charge < -0.3 is 9.80 Å². The number of carbonyl (C=O) groups excluding carboxylic acids is 1. The Hall–Kier alpha value is -3.60. The van der Waals surface area contributed by atoms with Crippen molar-refractivity contribution in [2.75, 3.05) is 18.0 Å². The minimum absolute atomic E-state index is 0.0391. The number of pyridine rings is 2. The van der Waals surface area contributed by atoms with Crippen molar-refractivity contribution in [1.29, 1.82) is 5.26 Å². The fraction of sp³-hybridized carbons (Fsp3) is 0.407. The molecule has 2 unspecified atom stereocenters. The third-order valence-corrected chi connectivity index (χ3v) is 6.11. The van der Waals surface area contributed by atoms with Crippen LogP contribution in [0.4, 0.5) is 14.6 Å². The molecule has 0 radical (unpaired) electrons. The van der Waals surface area contributed by atoms with Gasteiger partial charge in [0.2, 0.25) is 5.91 Å². The lowest BCUT2D eigenvalue weighted by Gasteiger charge is -2.45. The highest BCUT2D eigenvalue weighted by Crippen LogP contribution is 2.37. The maximum absolute atomic E-state index is 15.1. The molecule has 3 heterocycles. The van der Waals surface area contributed by atoms with Crippen LogP contribution in [-0.2, 0) is 10.7 Å². The monoisotopic (exact) mass is 479 g/mol. The number of benzene rings is 1. The highest BCUT2D eigenvalue weighted by atomic mass is 19.3. The Morgan fingerprint density at radius 2 is 1.77 bits per heavy atom. The van der Waals surface area contributed by atoms with Gasteiger partial charge in [-0.3, -0.25) is 9.78 Å². The molecule has 1 amide bonds. The van der Waals surface area contributed by atoms with Crippen molar-refractivity contribution in [3.05, 3.63) is 66.0 Å². The van der Waals surface area contributed by atoms with E-state index in [1.54, 1.807) is 41.3 Å². The third kappa shape index (κ3) is 5.73. The Morgan fingerprint density at radius 1 is 1.09 bits per heavy atom. The third-order valence-electron chi connectivity index (χ3n) is 6.11. The molecule has 6 nitrogen and oxygen atoms in total. The zero-order chi connectivity index (χ0) is 25.6. The number of aromatic nitrogens is 2. The first-order valence-corrected chi connectivity index (χ1v) is 11.9. The van der Waals surface area contributed by atoms with Gasteiger partial charge in [0.15, 0.2) is 0 Å². The van der Waals surface area contributed by atoms with E-state index >= 15 is 8.78 Å². The number of nitriles is 1. The lowest BCUT2D eigenvalue weighted by molar-refractivity contribution is -0.134. The SMILES string of the molecule is CC.CC1CN(C(=O)CCC(F)(F)c2ccnc3ccccc23)CC(C)N1c1ccc(C#N)cn1. The van der Waals surface area contributed by atoms with Crippen LogP contribution in [0.1, 0.15) is 51.7 Å². The molecule has 2 aromatic heterocycles. The molecule has 1 fully saturated rings. The van der Waals surface area contributed by atoms with Gasteiger partial charge in [-0.2, -0.15) is 5.26 Å². The fourth-order valence-electron chi connectivity index (χ4n) is 4.55. The van der Waals surface area contributed by atoms with E-state index in [2.05, 4.69) is 20.9 Å². The van der Waals surface area contributed by atoms with Crippen molar-refractivity contribution in [1.82, 2.24) is 14.9 Å². The number of alkyl halides is 2. The molecule has 8 heteroatoms. The summed E-state index contributed by atoms with van der Waals surface area (Å²) >= 11 is 0. The van der Waals surface area contributed by atoms with Crippen LogP contribution in [0.3, 0.4) is 0 Å². The fourth-order valence-corrected chi connectivity index (χ4v) is 4.55. The maximum Gasteiger partial charge on any atom is 0.274 e. The van der Waals surface area contributed by atoms with E-state index in [0.717, 1.165) is 5.82 Å². The van der Waals surface area contributed by atoms with Crippen LogP contribution in [0, 0.1) is 11.3 Å². The Bertz CT molecular complexity index is 1170. The normalized spacial score (nSPS) is 18.0. The summed E-state index contributed by atoms with van der Waals surface area (Å²) in [5.74, 6) is -2.68. The van der Waals surface area contributed by atoms with Crippen LogP contribution in [0.25, 0.3) is 10.9 Å². The largest absolute Gasteiger partial charge is 0.348 e. The number of carbonyl (C=O) groups is 1. The highest BCUT2D eigenvalue weighted by Gasteiger charge is 2.37. The van der Waals surface area contributed by atoms with Gasteiger partial charge in [0.05, 0.1) is 11.1 Å². The number of amides is 1. The Kier molecular flexibility index (Phi) is 8.34. The first-order valence-electron chi connectivity index (χ1n) is 11.9. The average Bonchev–Trinajstić information content (AvgIpc) is 2.88. The van der Waals surface area contributed by atoms with E-state index in [1.165, 1.54) is 18.5 Å². The molecule has 184 valence electrons. The highest BCUT2D eigenvalue weighted by molar-refractivity contribution is 5.83. The van der Waals surface area contributed by atoms with Crippen molar-refractivity contribution < 1.29 is 13.6 Å².